The summed E-state index contributed by atoms with van der Waals surface area (Å²) in [7, 11) is 0. The first-order valence-corrected chi connectivity index (χ1v) is 7.65. The minimum atomic E-state index is -0.275. The van der Waals surface area contributed by atoms with Crippen molar-refractivity contribution in [1.29, 1.82) is 0 Å². The zero-order valence-corrected chi connectivity index (χ0v) is 13.8. The van der Waals surface area contributed by atoms with Gasteiger partial charge in [-0.1, -0.05) is 29.8 Å². The van der Waals surface area contributed by atoms with Gasteiger partial charge in [-0.05, 0) is 39.3 Å². The van der Waals surface area contributed by atoms with Gasteiger partial charge in [0.05, 0.1) is 13.0 Å². The SMILES string of the molecule is CCOC(=O)CCN(C(=O)/C=C/c1ccc(C)cc1)C(C)C. The van der Waals surface area contributed by atoms with Crippen LogP contribution in [0, 0.1) is 6.92 Å². The van der Waals surface area contributed by atoms with Gasteiger partial charge in [-0.25, -0.2) is 0 Å². The van der Waals surface area contributed by atoms with Gasteiger partial charge in [-0.3, -0.25) is 9.59 Å². The number of hydrogen-bond acceptors (Lipinski definition) is 3. The van der Waals surface area contributed by atoms with Crippen molar-refractivity contribution in [3.05, 3.63) is 41.5 Å². The smallest absolute Gasteiger partial charge is 0.307 e. The lowest BCUT2D eigenvalue weighted by atomic mass is 10.1. The van der Waals surface area contributed by atoms with Crippen LogP contribution in [0.4, 0.5) is 0 Å². The summed E-state index contributed by atoms with van der Waals surface area (Å²) in [5.41, 5.74) is 2.16. The van der Waals surface area contributed by atoms with Crippen molar-refractivity contribution < 1.29 is 14.3 Å². The van der Waals surface area contributed by atoms with E-state index < -0.39 is 0 Å². The lowest BCUT2D eigenvalue weighted by Gasteiger charge is -2.25. The van der Waals surface area contributed by atoms with Gasteiger partial charge in [0.1, 0.15) is 0 Å². The molecule has 0 fully saturated rings. The summed E-state index contributed by atoms with van der Waals surface area (Å²) < 4.78 is 4.90. The van der Waals surface area contributed by atoms with Crippen molar-refractivity contribution in [2.45, 2.75) is 40.2 Å². The molecule has 0 spiro atoms. The van der Waals surface area contributed by atoms with Crippen LogP contribution >= 0.6 is 0 Å². The van der Waals surface area contributed by atoms with E-state index in [-0.39, 0.29) is 24.3 Å². The minimum Gasteiger partial charge on any atom is -0.466 e. The summed E-state index contributed by atoms with van der Waals surface area (Å²) in [5, 5.41) is 0. The Bertz CT molecular complexity index is 518. The molecule has 1 aromatic rings. The van der Waals surface area contributed by atoms with Crippen molar-refractivity contribution in [1.82, 2.24) is 4.90 Å². The van der Waals surface area contributed by atoms with Crippen molar-refractivity contribution in [2.75, 3.05) is 13.2 Å². The number of aryl methyl sites for hydroxylation is 1. The Hall–Kier alpha value is -2.10. The number of amides is 1. The highest BCUT2D eigenvalue weighted by atomic mass is 16.5. The third kappa shape index (κ3) is 6.12. The molecule has 1 amide bonds. The van der Waals surface area contributed by atoms with Gasteiger partial charge in [0.15, 0.2) is 0 Å². The quantitative estimate of drug-likeness (QED) is 0.574. The molecule has 4 nitrogen and oxygen atoms in total. The molecule has 0 aliphatic carbocycles. The third-order valence-electron chi connectivity index (χ3n) is 3.26. The van der Waals surface area contributed by atoms with E-state index in [1.54, 1.807) is 24.0 Å². The van der Waals surface area contributed by atoms with Crippen molar-refractivity contribution in [3.8, 4) is 0 Å². The van der Waals surface area contributed by atoms with Crippen LogP contribution in [0.2, 0.25) is 0 Å². The second kappa shape index (κ2) is 9.03. The van der Waals surface area contributed by atoms with E-state index in [0.717, 1.165) is 5.56 Å². The molecule has 120 valence electrons. The number of ether oxygens (including phenoxy) is 1. The Labute approximate surface area is 132 Å². The molecule has 0 aromatic heterocycles. The first-order valence-electron chi connectivity index (χ1n) is 7.65. The maximum atomic E-state index is 12.3. The van der Waals surface area contributed by atoms with Crippen LogP contribution in [0.5, 0.6) is 0 Å². The highest BCUT2D eigenvalue weighted by Gasteiger charge is 2.16. The molecule has 0 N–H and O–H groups in total. The van der Waals surface area contributed by atoms with E-state index in [9.17, 15) is 9.59 Å². The predicted octanol–water partition coefficient (Wildman–Crippen LogP) is 3.20. The normalized spacial score (nSPS) is 11.0. The highest BCUT2D eigenvalue weighted by Crippen LogP contribution is 2.07. The standard InChI is InChI=1S/C18H25NO3/c1-5-22-18(21)12-13-19(14(2)3)17(20)11-10-16-8-6-15(4)7-9-16/h6-11,14H,5,12-13H2,1-4H3/b11-10+. The van der Waals surface area contributed by atoms with Crippen LogP contribution in [0.1, 0.15) is 38.3 Å². The van der Waals surface area contributed by atoms with E-state index in [1.807, 2.05) is 45.0 Å². The lowest BCUT2D eigenvalue weighted by Crippen LogP contribution is -2.37. The predicted molar refractivity (Wildman–Crippen MR) is 88.3 cm³/mol. The molecule has 1 rings (SSSR count). The summed E-state index contributed by atoms with van der Waals surface area (Å²) in [6.45, 7) is 8.39. The van der Waals surface area contributed by atoms with Crippen LogP contribution in [0.15, 0.2) is 30.3 Å². The van der Waals surface area contributed by atoms with Crippen LogP contribution in [0.25, 0.3) is 6.08 Å². The first kappa shape index (κ1) is 18.0. The minimum absolute atomic E-state index is 0.0320. The second-order valence-corrected chi connectivity index (χ2v) is 5.42. The molecule has 22 heavy (non-hydrogen) atoms. The molecule has 0 saturated carbocycles. The lowest BCUT2D eigenvalue weighted by molar-refractivity contribution is -0.144. The molecule has 0 aliphatic heterocycles. The Morgan fingerprint density at radius 1 is 1.23 bits per heavy atom. The Kier molecular flexibility index (Phi) is 7.37. The average molecular weight is 303 g/mol. The van der Waals surface area contributed by atoms with Crippen molar-refractivity contribution >= 4 is 18.0 Å². The van der Waals surface area contributed by atoms with E-state index in [0.29, 0.717) is 13.2 Å². The highest BCUT2D eigenvalue weighted by molar-refractivity contribution is 5.92. The first-order chi connectivity index (χ1) is 10.4. The number of esters is 1. The summed E-state index contributed by atoms with van der Waals surface area (Å²) in [4.78, 5) is 25.4. The number of benzene rings is 1. The van der Waals surface area contributed by atoms with Crippen LogP contribution in [0.3, 0.4) is 0 Å². The third-order valence-corrected chi connectivity index (χ3v) is 3.26. The van der Waals surface area contributed by atoms with Gasteiger partial charge >= 0.3 is 5.97 Å². The molecular weight excluding hydrogens is 278 g/mol. The zero-order chi connectivity index (χ0) is 16.5. The summed E-state index contributed by atoms with van der Waals surface area (Å²) in [5.74, 6) is -0.372. The largest absolute Gasteiger partial charge is 0.466 e. The molecule has 0 aliphatic rings. The summed E-state index contributed by atoms with van der Waals surface area (Å²) >= 11 is 0. The topological polar surface area (TPSA) is 46.6 Å². The number of carbonyl (C=O) groups is 2. The van der Waals surface area contributed by atoms with Gasteiger partial charge < -0.3 is 9.64 Å². The fourth-order valence-corrected chi connectivity index (χ4v) is 2.01. The number of nitrogens with zero attached hydrogens (tertiary/aromatic N) is 1. The molecule has 0 bridgehead atoms. The molecule has 0 radical (unpaired) electrons. The fourth-order valence-electron chi connectivity index (χ4n) is 2.01. The van der Waals surface area contributed by atoms with Crippen molar-refractivity contribution in [2.24, 2.45) is 0 Å². The van der Waals surface area contributed by atoms with E-state index >= 15 is 0 Å². The van der Waals surface area contributed by atoms with Crippen LogP contribution < -0.4 is 0 Å². The average Bonchev–Trinajstić information content (AvgIpc) is 2.46. The van der Waals surface area contributed by atoms with E-state index in [4.69, 9.17) is 4.74 Å². The van der Waals surface area contributed by atoms with Crippen molar-refractivity contribution in [3.63, 3.8) is 0 Å². The molecule has 0 saturated heterocycles. The molecule has 4 heteroatoms. The molecule has 0 heterocycles. The molecule has 0 unspecified atom stereocenters. The number of carbonyl (C=O) groups excluding carboxylic acids is 2. The summed E-state index contributed by atoms with van der Waals surface area (Å²) in [6.07, 6.45) is 3.56. The number of rotatable bonds is 7. The van der Waals surface area contributed by atoms with E-state index in [1.165, 1.54) is 5.56 Å². The van der Waals surface area contributed by atoms with Gasteiger partial charge in [0, 0.05) is 18.7 Å². The van der Waals surface area contributed by atoms with Gasteiger partial charge in [0.25, 0.3) is 0 Å². The maximum Gasteiger partial charge on any atom is 0.307 e. The zero-order valence-electron chi connectivity index (χ0n) is 13.8. The molecule has 0 atom stereocenters. The van der Waals surface area contributed by atoms with E-state index in [2.05, 4.69) is 0 Å². The molecular formula is C18H25NO3. The Morgan fingerprint density at radius 2 is 1.86 bits per heavy atom. The second-order valence-electron chi connectivity index (χ2n) is 5.42. The Balaban J connectivity index is 2.64. The number of hydrogen-bond donors (Lipinski definition) is 0. The fraction of sp³-hybridized carbons (Fsp3) is 0.444. The van der Waals surface area contributed by atoms with Crippen LogP contribution in [-0.2, 0) is 14.3 Å². The summed E-state index contributed by atoms with van der Waals surface area (Å²) in [6, 6.07) is 7.98. The van der Waals surface area contributed by atoms with Crippen LogP contribution in [-0.4, -0.2) is 36.0 Å². The van der Waals surface area contributed by atoms with Gasteiger partial charge in [-0.2, -0.15) is 0 Å². The van der Waals surface area contributed by atoms with Gasteiger partial charge in [0.2, 0.25) is 5.91 Å². The van der Waals surface area contributed by atoms with Gasteiger partial charge in [-0.15, -0.1) is 0 Å². The Morgan fingerprint density at radius 3 is 2.41 bits per heavy atom. The molecule has 1 aromatic carbocycles. The monoisotopic (exact) mass is 303 g/mol. The maximum absolute atomic E-state index is 12.3.